The minimum Gasteiger partial charge on any atom is -0.453 e. The summed E-state index contributed by atoms with van der Waals surface area (Å²) < 4.78 is 5.66. The van der Waals surface area contributed by atoms with Crippen molar-refractivity contribution < 1.29 is 14.3 Å². The van der Waals surface area contributed by atoms with Gasteiger partial charge in [0.1, 0.15) is 0 Å². The Morgan fingerprint density at radius 2 is 1.84 bits per heavy atom. The number of methoxy groups -OCH3 is 1. The summed E-state index contributed by atoms with van der Waals surface area (Å²) in [7, 11) is 1.37. The van der Waals surface area contributed by atoms with E-state index >= 15 is 0 Å². The zero-order chi connectivity index (χ0) is 14.0. The molecule has 0 bridgehead atoms. The second-order valence-electron chi connectivity index (χ2n) is 4.32. The van der Waals surface area contributed by atoms with Crippen LogP contribution < -0.4 is 0 Å². The van der Waals surface area contributed by atoms with Crippen LogP contribution in [0.15, 0.2) is 9.85 Å². The molecule has 0 N–H and O–H groups in total. The fourth-order valence-electron chi connectivity index (χ4n) is 1.94. The van der Waals surface area contributed by atoms with E-state index in [1.54, 1.807) is 9.80 Å². The van der Waals surface area contributed by atoms with Gasteiger partial charge in [0.05, 0.1) is 15.8 Å². The third kappa shape index (κ3) is 3.09. The molecule has 1 aliphatic heterocycles. The van der Waals surface area contributed by atoms with Gasteiger partial charge < -0.3 is 14.5 Å². The molecular weight excluding hydrogens is 332 g/mol. The molecule has 0 atom stereocenters. The van der Waals surface area contributed by atoms with Crippen LogP contribution in [0, 0.1) is 6.92 Å². The molecular formula is C12H15BrN2O3S. The zero-order valence-corrected chi connectivity index (χ0v) is 13.2. The number of ether oxygens (including phenoxy) is 1. The van der Waals surface area contributed by atoms with Crippen LogP contribution in [0.25, 0.3) is 0 Å². The van der Waals surface area contributed by atoms with E-state index in [-0.39, 0.29) is 12.0 Å². The average Bonchev–Trinajstić information content (AvgIpc) is 2.77. The molecule has 2 amide bonds. The maximum absolute atomic E-state index is 12.3. The molecule has 0 unspecified atom stereocenters. The van der Waals surface area contributed by atoms with E-state index in [0.717, 1.165) is 14.2 Å². The summed E-state index contributed by atoms with van der Waals surface area (Å²) in [6, 6.07) is 1.89. The van der Waals surface area contributed by atoms with Crippen molar-refractivity contribution in [1.29, 1.82) is 0 Å². The number of thiophene rings is 1. The Bertz CT molecular complexity index is 476. The second kappa shape index (κ2) is 5.92. The van der Waals surface area contributed by atoms with Crippen LogP contribution in [0.4, 0.5) is 4.79 Å². The molecule has 1 aliphatic rings. The Balaban J connectivity index is 1.98. The van der Waals surface area contributed by atoms with Gasteiger partial charge in [0.15, 0.2) is 0 Å². The molecule has 1 aromatic heterocycles. The van der Waals surface area contributed by atoms with E-state index in [1.165, 1.54) is 18.4 Å². The quantitative estimate of drug-likeness (QED) is 0.784. The Kier molecular flexibility index (Phi) is 4.46. The topological polar surface area (TPSA) is 49.9 Å². The lowest BCUT2D eigenvalue weighted by Crippen LogP contribution is -2.50. The van der Waals surface area contributed by atoms with Crippen molar-refractivity contribution in [2.24, 2.45) is 0 Å². The smallest absolute Gasteiger partial charge is 0.409 e. The molecule has 0 radical (unpaired) electrons. The molecule has 1 fully saturated rings. The highest BCUT2D eigenvalue weighted by Gasteiger charge is 2.26. The number of nitrogens with zero attached hydrogens (tertiary/aromatic N) is 2. The Morgan fingerprint density at radius 1 is 1.26 bits per heavy atom. The van der Waals surface area contributed by atoms with Gasteiger partial charge in [0, 0.05) is 26.2 Å². The predicted molar refractivity (Wildman–Crippen MR) is 76.6 cm³/mol. The number of halogens is 1. The van der Waals surface area contributed by atoms with Crippen LogP contribution in [0.2, 0.25) is 0 Å². The highest BCUT2D eigenvalue weighted by molar-refractivity contribution is 9.11. The first-order valence-corrected chi connectivity index (χ1v) is 7.52. The minimum atomic E-state index is -0.332. The van der Waals surface area contributed by atoms with Crippen molar-refractivity contribution >= 4 is 39.3 Å². The third-order valence-corrected chi connectivity index (χ3v) is 5.19. The lowest BCUT2D eigenvalue weighted by Gasteiger charge is -2.33. The van der Waals surface area contributed by atoms with Crippen LogP contribution in [0.5, 0.6) is 0 Å². The van der Waals surface area contributed by atoms with E-state index in [1.807, 2.05) is 13.0 Å². The van der Waals surface area contributed by atoms with Gasteiger partial charge in [-0.2, -0.15) is 0 Å². The normalized spacial score (nSPS) is 15.5. The molecule has 1 aromatic rings. The van der Waals surface area contributed by atoms with Gasteiger partial charge in [-0.1, -0.05) is 0 Å². The van der Waals surface area contributed by atoms with Crippen molar-refractivity contribution in [1.82, 2.24) is 9.80 Å². The molecule has 2 rings (SSSR count). The zero-order valence-electron chi connectivity index (χ0n) is 10.8. The number of amides is 2. The van der Waals surface area contributed by atoms with Crippen molar-refractivity contribution in [3.63, 3.8) is 0 Å². The minimum absolute atomic E-state index is 0.0308. The van der Waals surface area contributed by atoms with Crippen LogP contribution >= 0.6 is 27.3 Å². The van der Waals surface area contributed by atoms with E-state index in [4.69, 9.17) is 0 Å². The van der Waals surface area contributed by atoms with E-state index in [2.05, 4.69) is 20.7 Å². The number of piperazine rings is 1. The van der Waals surface area contributed by atoms with E-state index < -0.39 is 0 Å². The summed E-state index contributed by atoms with van der Waals surface area (Å²) in [5.74, 6) is 0.0308. The fourth-order valence-corrected chi connectivity index (χ4v) is 3.45. The Hall–Kier alpha value is -1.08. The first kappa shape index (κ1) is 14.3. The summed E-state index contributed by atoms with van der Waals surface area (Å²) in [4.78, 5) is 27.8. The standard InChI is InChI=1S/C12H15BrN2O3S/c1-8-7-9(19-10(8)13)11(16)14-3-5-15(6-4-14)12(17)18-2/h7H,3-6H2,1-2H3. The lowest BCUT2D eigenvalue weighted by atomic mass is 10.3. The van der Waals surface area contributed by atoms with Gasteiger partial charge in [0.25, 0.3) is 5.91 Å². The average molecular weight is 347 g/mol. The highest BCUT2D eigenvalue weighted by atomic mass is 79.9. The first-order chi connectivity index (χ1) is 9.02. The summed E-state index contributed by atoms with van der Waals surface area (Å²) in [6.45, 7) is 4.09. The fraction of sp³-hybridized carbons (Fsp3) is 0.500. The molecule has 0 aromatic carbocycles. The molecule has 104 valence electrons. The summed E-state index contributed by atoms with van der Waals surface area (Å²) >= 11 is 4.87. The molecule has 0 saturated carbocycles. The number of carbonyl (C=O) groups excluding carboxylic acids is 2. The molecule has 5 nitrogen and oxygen atoms in total. The van der Waals surface area contributed by atoms with Gasteiger partial charge in [-0.05, 0) is 34.5 Å². The molecule has 7 heteroatoms. The Morgan fingerprint density at radius 3 is 2.32 bits per heavy atom. The van der Waals surface area contributed by atoms with E-state index in [9.17, 15) is 9.59 Å². The lowest BCUT2D eigenvalue weighted by molar-refractivity contribution is 0.0604. The summed E-state index contributed by atoms with van der Waals surface area (Å²) in [5, 5.41) is 0. The van der Waals surface area contributed by atoms with Gasteiger partial charge in [-0.25, -0.2) is 4.79 Å². The molecule has 0 aliphatic carbocycles. The van der Waals surface area contributed by atoms with Crippen molar-refractivity contribution in [2.75, 3.05) is 33.3 Å². The van der Waals surface area contributed by atoms with Crippen molar-refractivity contribution in [2.45, 2.75) is 6.92 Å². The largest absolute Gasteiger partial charge is 0.453 e. The molecule has 19 heavy (non-hydrogen) atoms. The molecule has 0 spiro atoms. The maximum atomic E-state index is 12.3. The van der Waals surface area contributed by atoms with E-state index in [0.29, 0.717) is 26.2 Å². The summed E-state index contributed by atoms with van der Waals surface area (Å²) in [5.41, 5.74) is 1.07. The predicted octanol–water partition coefficient (Wildman–Crippen LogP) is 2.34. The molecule has 1 saturated heterocycles. The Labute approximate surface area is 124 Å². The van der Waals surface area contributed by atoms with Crippen LogP contribution in [0.1, 0.15) is 15.2 Å². The molecule has 2 heterocycles. The van der Waals surface area contributed by atoms with Gasteiger partial charge in [-0.3, -0.25) is 4.79 Å². The maximum Gasteiger partial charge on any atom is 0.409 e. The summed E-state index contributed by atoms with van der Waals surface area (Å²) in [6.07, 6.45) is -0.332. The van der Waals surface area contributed by atoms with Gasteiger partial charge in [-0.15, -0.1) is 11.3 Å². The van der Waals surface area contributed by atoms with Gasteiger partial charge in [0.2, 0.25) is 0 Å². The van der Waals surface area contributed by atoms with Crippen molar-refractivity contribution in [3.05, 3.63) is 20.3 Å². The number of aryl methyl sites for hydroxylation is 1. The SMILES string of the molecule is COC(=O)N1CCN(C(=O)c2cc(C)c(Br)s2)CC1. The number of rotatable bonds is 1. The third-order valence-electron chi connectivity index (χ3n) is 3.07. The van der Waals surface area contributed by atoms with Crippen LogP contribution in [0.3, 0.4) is 0 Å². The monoisotopic (exact) mass is 346 g/mol. The number of hydrogen-bond donors (Lipinski definition) is 0. The van der Waals surface area contributed by atoms with Gasteiger partial charge >= 0.3 is 6.09 Å². The van der Waals surface area contributed by atoms with Crippen molar-refractivity contribution in [3.8, 4) is 0 Å². The van der Waals surface area contributed by atoms with Crippen LogP contribution in [-0.4, -0.2) is 55.1 Å². The number of hydrogen-bond acceptors (Lipinski definition) is 4. The second-order valence-corrected chi connectivity index (χ2v) is 6.69. The number of carbonyl (C=O) groups is 2. The highest BCUT2D eigenvalue weighted by Crippen LogP contribution is 2.28. The first-order valence-electron chi connectivity index (χ1n) is 5.91. The van der Waals surface area contributed by atoms with Crippen LogP contribution in [-0.2, 0) is 4.74 Å².